The van der Waals surface area contributed by atoms with E-state index in [1.807, 2.05) is 5.32 Å². The van der Waals surface area contributed by atoms with Gasteiger partial charge in [0.15, 0.2) is 5.76 Å². The molecule has 342 valence electrons. The highest BCUT2D eigenvalue weighted by Crippen LogP contribution is 2.38. The Hall–Kier alpha value is -3.73. The summed E-state index contributed by atoms with van der Waals surface area (Å²) in [5, 5.41) is 19.0. The van der Waals surface area contributed by atoms with Crippen molar-refractivity contribution in [2.24, 2.45) is 4.99 Å². The molecule has 3 aromatic rings. The Labute approximate surface area is 376 Å². The van der Waals surface area contributed by atoms with Crippen molar-refractivity contribution in [3.05, 3.63) is 71.7 Å². The van der Waals surface area contributed by atoms with Gasteiger partial charge in [0.25, 0.3) is 0 Å². The van der Waals surface area contributed by atoms with E-state index in [0.29, 0.717) is 44.2 Å². The Morgan fingerprint density at radius 2 is 1.60 bits per heavy atom. The molecular weight excluding hydrogens is 943 g/mol. The summed E-state index contributed by atoms with van der Waals surface area (Å²) >= 11 is 14.0. The molecule has 1 aliphatic carbocycles. The third kappa shape index (κ3) is 16.4. The number of aromatic nitrogens is 2. The number of cyclic esters (lactones) is 1. The summed E-state index contributed by atoms with van der Waals surface area (Å²) in [7, 11) is -3.71. The van der Waals surface area contributed by atoms with Gasteiger partial charge in [-0.3, -0.25) is 29.2 Å². The lowest BCUT2D eigenvalue weighted by molar-refractivity contribution is -0.193. The van der Waals surface area contributed by atoms with Gasteiger partial charge in [-0.05, 0) is 98.4 Å². The van der Waals surface area contributed by atoms with Crippen LogP contribution in [0.25, 0.3) is 0 Å². The molecule has 4 N–H and O–H groups in total. The zero-order valence-corrected chi connectivity index (χ0v) is 39.0. The number of ether oxygens (including phenoxy) is 2. The highest BCUT2D eigenvalue weighted by molar-refractivity contribution is 8.00. The van der Waals surface area contributed by atoms with E-state index in [2.05, 4.69) is 23.8 Å². The van der Waals surface area contributed by atoms with Gasteiger partial charge in [-0.15, -0.1) is 11.8 Å². The Morgan fingerprint density at radius 1 is 1.00 bits per heavy atom. The van der Waals surface area contributed by atoms with Crippen molar-refractivity contribution in [1.82, 2.24) is 14.7 Å². The molecule has 1 aromatic heterocycles. The average Bonchev–Trinajstić information content (AvgIpc) is 3.87. The number of carbonyl (C=O) groups is 4. The van der Waals surface area contributed by atoms with Gasteiger partial charge in [-0.25, -0.2) is 28.1 Å². The van der Waals surface area contributed by atoms with E-state index >= 15 is 0 Å². The van der Waals surface area contributed by atoms with Gasteiger partial charge in [0.1, 0.15) is 30.7 Å². The maximum Gasteiger partial charge on any atom is 0.427 e. The molecule has 0 spiro atoms. The predicted octanol–water partition coefficient (Wildman–Crippen LogP) is 5.94. The number of nitrogens with one attached hydrogen (secondary N) is 1. The van der Waals surface area contributed by atoms with Crippen molar-refractivity contribution in [2.45, 2.75) is 76.5 Å². The van der Waals surface area contributed by atoms with Crippen molar-refractivity contribution < 1.29 is 62.0 Å². The van der Waals surface area contributed by atoms with Crippen molar-refractivity contribution in [2.75, 3.05) is 42.3 Å². The molecule has 2 fully saturated rings. The maximum absolute atomic E-state index is 14.3. The topological polar surface area (TPSA) is 242 Å². The fourth-order valence-electron chi connectivity index (χ4n) is 5.53. The molecule has 1 saturated heterocycles. The number of carboxylic acid groups (broad SMARTS) is 2. The number of allylic oxidation sites excluding steroid dienone is 1. The van der Waals surface area contributed by atoms with Crippen LogP contribution in [0.4, 0.5) is 25.0 Å². The van der Waals surface area contributed by atoms with E-state index in [1.54, 1.807) is 23.2 Å². The Kier molecular flexibility index (Phi) is 20.7. The lowest BCUT2D eigenvalue weighted by atomic mass is 10.2. The number of amides is 2. The molecule has 0 radical (unpaired) electrons. The molecule has 1 atom stereocenters. The number of carboxylic acids is 2. The first-order valence-corrected chi connectivity index (χ1v) is 25.3. The number of hydrogen-bond donors (Lipinski definition) is 4. The van der Waals surface area contributed by atoms with Gasteiger partial charge in [0.05, 0.1) is 59.2 Å². The number of carbonyl (C=O) groups excluding carboxylic acids is 2. The van der Waals surface area contributed by atoms with Crippen LogP contribution in [0.2, 0.25) is 10.0 Å². The molecule has 1 saturated carbocycles. The van der Waals surface area contributed by atoms with Gasteiger partial charge < -0.3 is 34.0 Å². The van der Waals surface area contributed by atoms with Crippen LogP contribution in [0.1, 0.15) is 52.4 Å². The van der Waals surface area contributed by atoms with Gasteiger partial charge in [-0.1, -0.05) is 23.2 Å². The fraction of sp³-hybridized carbons (Fsp3) is 0.459. The monoisotopic (exact) mass is 987 g/mol. The van der Waals surface area contributed by atoms with Crippen molar-refractivity contribution in [1.29, 1.82) is 0 Å². The van der Waals surface area contributed by atoms with Crippen LogP contribution >= 0.6 is 53.9 Å². The number of benzene rings is 2. The van der Waals surface area contributed by atoms with Gasteiger partial charge in [0.2, 0.25) is 4.80 Å². The summed E-state index contributed by atoms with van der Waals surface area (Å²) in [6.45, 7) is 4.08. The second kappa shape index (κ2) is 24.4. The number of rotatable bonds is 11. The number of aliphatic carboxylic acids is 2. The lowest BCUT2D eigenvalue weighted by Gasteiger charge is -2.18. The molecule has 62 heavy (non-hydrogen) atoms. The van der Waals surface area contributed by atoms with E-state index in [-0.39, 0.29) is 49.7 Å². The van der Waals surface area contributed by atoms with E-state index in [9.17, 15) is 42.2 Å². The van der Waals surface area contributed by atoms with E-state index in [1.165, 1.54) is 12.1 Å². The average molecular weight is 989 g/mol. The minimum atomic E-state index is -4.35. The number of thioether (sulfide) groups is 1. The van der Waals surface area contributed by atoms with Crippen molar-refractivity contribution >= 4 is 100 Å². The molecule has 2 amide bonds. The molecule has 2 aliphatic heterocycles. The highest BCUT2D eigenvalue weighted by atomic mass is 35.5. The fourth-order valence-corrected chi connectivity index (χ4v) is 7.99. The van der Waals surface area contributed by atoms with Crippen LogP contribution in [-0.4, -0.2) is 91.9 Å². The number of nitrogens with zero attached hydrogens (tertiary/aromatic N) is 4. The van der Waals surface area contributed by atoms with E-state index in [0.717, 1.165) is 73.8 Å². The highest BCUT2D eigenvalue weighted by Gasteiger charge is 2.40. The molecule has 2 aromatic carbocycles. The second-order valence-corrected chi connectivity index (χ2v) is 20.9. The van der Waals surface area contributed by atoms with Crippen LogP contribution in [0, 0.1) is 11.6 Å². The lowest BCUT2D eigenvalue weighted by Crippen LogP contribution is -2.31. The summed E-state index contributed by atoms with van der Waals surface area (Å²) in [5.74, 6) is -4.29. The van der Waals surface area contributed by atoms with Crippen LogP contribution in [0.15, 0.2) is 50.3 Å². The first-order chi connectivity index (χ1) is 29.0. The summed E-state index contributed by atoms with van der Waals surface area (Å²) in [6, 6.07) is 4.85. The quantitative estimate of drug-likeness (QED) is 0.0753. The molecule has 3 aliphatic rings. The third-order valence-corrected chi connectivity index (χ3v) is 11.4. The maximum atomic E-state index is 14.3. The minimum absolute atomic E-state index is 0.00962. The minimum Gasteiger partial charge on any atom is -0.778 e. The zero-order chi connectivity index (χ0) is 46.5. The number of anilines is 1. The number of fused-ring (bicyclic) bond motifs is 1. The van der Waals surface area contributed by atoms with Gasteiger partial charge >= 0.3 is 28.8 Å². The predicted molar refractivity (Wildman–Crippen MR) is 233 cm³/mol. The third-order valence-electron chi connectivity index (χ3n) is 8.11. The van der Waals surface area contributed by atoms with Gasteiger partial charge in [0, 0.05) is 24.1 Å². The first kappa shape index (κ1) is 52.6. The largest absolute Gasteiger partial charge is 0.778 e. The Bertz CT molecular complexity index is 2320. The number of hydrogen-bond acceptors (Lipinski definition) is 13. The van der Waals surface area contributed by atoms with Crippen molar-refractivity contribution in [3.63, 3.8) is 0 Å². The van der Waals surface area contributed by atoms with Crippen molar-refractivity contribution in [3.8, 4) is 5.75 Å². The molecule has 3 heterocycles. The number of imide groups is 1. The molecule has 1 unspecified atom stereocenters. The molecular formula is C37H46Cl2F2N5O12PS3. The first-order valence-electron chi connectivity index (χ1n) is 18.5. The SMILES string of the molecule is CC(C)=C1OC(=O)N(c2cc(OC3CCCC3)c(Cl)cc2F)C1=O.C[S+](C)C.O=C(O)CNCP(=O)([O-])O.O=C(O)CSc1cc(N=c2sc(=O)n3n2CCCC3)c(F)cc1Cl. The smallest absolute Gasteiger partial charge is 0.427 e. The zero-order valence-electron chi connectivity index (χ0n) is 34.2. The van der Waals surface area contributed by atoms with E-state index in [4.69, 9.17) is 47.8 Å². The van der Waals surface area contributed by atoms with Crippen LogP contribution in [0.5, 0.6) is 5.75 Å². The van der Waals surface area contributed by atoms with Crippen LogP contribution in [-0.2, 0) is 47.7 Å². The standard InChI is InChI=1S/C17H17ClFNO4.C14H13ClFN3O3S2.C3H8NO5P.C3H9S/c1-9(2)15-16(21)20(17(22)24-15)13-8-14(11(18)7-12(13)19)23-10-5-3-4-6-10;15-8-5-9(16)10(6-11(8)23-7-12(20)21)17-13-18-3-1-2-4-19(18)14(22)24-13;5-3(6)1-4-2-10(7,8)9;1-4(2)3/h7-8,10H,3-6H2,1-2H3;5-6H,1-4,7H2,(H,20,21);4H,1-2H2,(H,5,6)(H2,7,8,9);1-3H3/q;;;+1/p-1. The summed E-state index contributed by atoms with van der Waals surface area (Å²) in [4.78, 5) is 80.4. The molecule has 6 rings (SSSR count). The normalized spacial score (nSPS) is 16.0. The molecule has 0 bridgehead atoms. The second-order valence-electron chi connectivity index (χ2n) is 14.1. The van der Waals surface area contributed by atoms with E-state index < -0.39 is 56.0 Å². The molecule has 25 heteroatoms. The number of halogens is 4. The van der Waals surface area contributed by atoms with Gasteiger partial charge in [-0.2, -0.15) is 0 Å². The molecule has 17 nitrogen and oxygen atoms in total. The van der Waals surface area contributed by atoms with Crippen LogP contribution in [0.3, 0.4) is 0 Å². The Balaban J connectivity index is 0.000000255. The Morgan fingerprint density at radius 3 is 2.15 bits per heavy atom. The van der Waals surface area contributed by atoms with Crippen LogP contribution < -0.4 is 29.5 Å². The summed E-state index contributed by atoms with van der Waals surface area (Å²) < 4.78 is 52.5. The summed E-state index contributed by atoms with van der Waals surface area (Å²) in [6.07, 6.45) is 10.7. The summed E-state index contributed by atoms with van der Waals surface area (Å²) in [5.41, 5.74) is 0.348.